The van der Waals surface area contributed by atoms with E-state index in [0.29, 0.717) is 30.3 Å². The van der Waals surface area contributed by atoms with Crippen molar-refractivity contribution in [1.29, 1.82) is 0 Å². The Morgan fingerprint density at radius 3 is 2.57 bits per heavy atom. The number of hydrogen-bond acceptors (Lipinski definition) is 4. The fourth-order valence-electron chi connectivity index (χ4n) is 2.35. The Kier molecular flexibility index (Phi) is 8.13. The highest BCUT2D eigenvalue weighted by Crippen LogP contribution is 2.38. The number of carboxylic acids is 1. The van der Waals surface area contributed by atoms with Gasteiger partial charge in [0.2, 0.25) is 5.91 Å². The number of nitrogens with one attached hydrogen (secondary N) is 1. The first-order valence-corrected chi connectivity index (χ1v) is 9.82. The van der Waals surface area contributed by atoms with Gasteiger partial charge in [0.15, 0.2) is 11.5 Å². The van der Waals surface area contributed by atoms with Crippen molar-refractivity contribution in [3.63, 3.8) is 0 Å². The second-order valence-corrected chi connectivity index (χ2v) is 7.26. The highest BCUT2D eigenvalue weighted by molar-refractivity contribution is 14.1. The average Bonchev–Trinajstić information content (AvgIpc) is 2.61. The van der Waals surface area contributed by atoms with Crippen molar-refractivity contribution >= 4 is 52.1 Å². The molecule has 0 heterocycles. The van der Waals surface area contributed by atoms with Crippen molar-refractivity contribution < 1.29 is 24.2 Å². The summed E-state index contributed by atoms with van der Waals surface area (Å²) in [5.41, 5.74) is 1.20. The standard InChI is InChI=1S/C20H19ClINO5/c1-3-27-18-10-13(9-17(20(25)26)23-12(2)24)8-15(21)19(18)28-11-14-6-4-5-7-16(14)22/h4-10H,3,11H2,1-2H3,(H,23,24)(H,25,26). The zero-order valence-corrected chi connectivity index (χ0v) is 18.2. The lowest BCUT2D eigenvalue weighted by molar-refractivity contribution is -0.134. The van der Waals surface area contributed by atoms with Crippen molar-refractivity contribution in [2.24, 2.45) is 0 Å². The Bertz CT molecular complexity index is 913. The fraction of sp³-hybridized carbons (Fsp3) is 0.200. The summed E-state index contributed by atoms with van der Waals surface area (Å²) in [6.45, 7) is 3.73. The van der Waals surface area contributed by atoms with Gasteiger partial charge in [0.25, 0.3) is 0 Å². The van der Waals surface area contributed by atoms with Gasteiger partial charge in [-0.3, -0.25) is 4.79 Å². The smallest absolute Gasteiger partial charge is 0.352 e. The number of ether oxygens (including phenoxy) is 2. The first kappa shape index (κ1) is 22.0. The van der Waals surface area contributed by atoms with Gasteiger partial charge in [-0.15, -0.1) is 0 Å². The van der Waals surface area contributed by atoms with E-state index in [4.69, 9.17) is 21.1 Å². The van der Waals surface area contributed by atoms with E-state index in [1.165, 1.54) is 13.0 Å². The highest BCUT2D eigenvalue weighted by atomic mass is 127. The Hall–Kier alpha value is -2.26. The van der Waals surface area contributed by atoms with Crippen molar-refractivity contribution in [1.82, 2.24) is 5.32 Å². The first-order valence-electron chi connectivity index (χ1n) is 8.37. The number of hydrogen-bond donors (Lipinski definition) is 2. The van der Waals surface area contributed by atoms with Crippen LogP contribution in [-0.4, -0.2) is 23.6 Å². The molecule has 0 aromatic heterocycles. The maximum atomic E-state index is 11.3. The van der Waals surface area contributed by atoms with Crippen LogP contribution in [-0.2, 0) is 16.2 Å². The molecule has 0 unspecified atom stereocenters. The van der Waals surface area contributed by atoms with Gasteiger partial charge < -0.3 is 19.9 Å². The fourth-order valence-corrected chi connectivity index (χ4v) is 3.16. The van der Waals surface area contributed by atoms with E-state index in [0.717, 1.165) is 9.13 Å². The summed E-state index contributed by atoms with van der Waals surface area (Å²) in [6, 6.07) is 11.0. The monoisotopic (exact) mass is 515 g/mol. The molecule has 2 rings (SSSR count). The predicted molar refractivity (Wildman–Crippen MR) is 116 cm³/mol. The topological polar surface area (TPSA) is 84.9 Å². The number of rotatable bonds is 8. The van der Waals surface area contributed by atoms with Crippen LogP contribution < -0.4 is 14.8 Å². The molecule has 0 atom stereocenters. The molecule has 0 fully saturated rings. The molecule has 0 saturated carbocycles. The molecule has 6 nitrogen and oxygen atoms in total. The van der Waals surface area contributed by atoms with Gasteiger partial charge in [-0.05, 0) is 59.4 Å². The molecular weight excluding hydrogens is 497 g/mol. The largest absolute Gasteiger partial charge is 0.490 e. The van der Waals surface area contributed by atoms with Crippen LogP contribution in [0.15, 0.2) is 42.1 Å². The Balaban J connectivity index is 2.36. The third-order valence-corrected chi connectivity index (χ3v) is 4.85. The third-order valence-electron chi connectivity index (χ3n) is 3.51. The van der Waals surface area contributed by atoms with E-state index in [-0.39, 0.29) is 10.7 Å². The van der Waals surface area contributed by atoms with E-state index in [1.807, 2.05) is 31.2 Å². The molecule has 8 heteroatoms. The highest BCUT2D eigenvalue weighted by Gasteiger charge is 2.15. The van der Waals surface area contributed by atoms with Crippen LogP contribution in [0.25, 0.3) is 6.08 Å². The summed E-state index contributed by atoms with van der Waals surface area (Å²) < 4.78 is 12.6. The number of amides is 1. The lowest BCUT2D eigenvalue weighted by atomic mass is 10.1. The second kappa shape index (κ2) is 10.3. The third kappa shape index (κ3) is 6.13. The van der Waals surface area contributed by atoms with Crippen molar-refractivity contribution in [3.8, 4) is 11.5 Å². The Morgan fingerprint density at radius 1 is 1.25 bits per heavy atom. The molecule has 148 valence electrons. The lowest BCUT2D eigenvalue weighted by Gasteiger charge is -2.15. The number of carbonyl (C=O) groups is 2. The molecular formula is C20H19ClINO5. The van der Waals surface area contributed by atoms with Crippen LogP contribution >= 0.6 is 34.2 Å². The van der Waals surface area contributed by atoms with E-state index < -0.39 is 11.9 Å². The Labute approximate surface area is 181 Å². The number of carboxylic acid groups (broad SMARTS) is 1. The van der Waals surface area contributed by atoms with Crippen LogP contribution in [0.1, 0.15) is 25.0 Å². The molecule has 0 aliphatic rings. The molecule has 2 aromatic rings. The van der Waals surface area contributed by atoms with Crippen LogP contribution in [0.3, 0.4) is 0 Å². The minimum Gasteiger partial charge on any atom is -0.490 e. The minimum absolute atomic E-state index is 0.265. The summed E-state index contributed by atoms with van der Waals surface area (Å²) in [5, 5.41) is 11.8. The number of halogens is 2. The van der Waals surface area contributed by atoms with E-state index in [9.17, 15) is 14.7 Å². The summed E-state index contributed by atoms with van der Waals surface area (Å²) in [6.07, 6.45) is 1.31. The molecule has 1 amide bonds. The molecule has 2 N–H and O–H groups in total. The Morgan fingerprint density at radius 2 is 1.96 bits per heavy atom. The van der Waals surface area contributed by atoms with Gasteiger partial charge in [0.05, 0.1) is 11.6 Å². The van der Waals surface area contributed by atoms with Crippen LogP contribution in [0.2, 0.25) is 5.02 Å². The minimum atomic E-state index is -1.26. The zero-order chi connectivity index (χ0) is 20.7. The summed E-state index contributed by atoms with van der Waals surface area (Å²) in [5.74, 6) is -0.984. The number of aliphatic carboxylic acids is 1. The maximum Gasteiger partial charge on any atom is 0.352 e. The molecule has 0 spiro atoms. The van der Waals surface area contributed by atoms with E-state index in [1.54, 1.807) is 12.1 Å². The molecule has 2 aromatic carbocycles. The van der Waals surface area contributed by atoms with Gasteiger partial charge in [0.1, 0.15) is 12.3 Å². The van der Waals surface area contributed by atoms with Gasteiger partial charge >= 0.3 is 5.97 Å². The SMILES string of the molecule is CCOc1cc(C=C(NC(C)=O)C(=O)O)cc(Cl)c1OCc1ccccc1I. The van der Waals surface area contributed by atoms with Crippen LogP contribution in [0.4, 0.5) is 0 Å². The molecule has 0 saturated heterocycles. The van der Waals surface area contributed by atoms with Crippen LogP contribution in [0, 0.1) is 3.57 Å². The first-order chi connectivity index (χ1) is 13.3. The molecule has 0 aliphatic carbocycles. The predicted octanol–water partition coefficient (Wildman–Crippen LogP) is 4.48. The molecule has 0 aliphatic heterocycles. The van der Waals surface area contributed by atoms with Gasteiger partial charge in [-0.1, -0.05) is 29.8 Å². The normalized spacial score (nSPS) is 11.1. The molecule has 28 heavy (non-hydrogen) atoms. The summed E-state index contributed by atoms with van der Waals surface area (Å²) in [7, 11) is 0. The number of benzene rings is 2. The van der Waals surface area contributed by atoms with Crippen molar-refractivity contribution in [2.75, 3.05) is 6.61 Å². The molecule has 0 bridgehead atoms. The number of carbonyl (C=O) groups excluding carboxylic acids is 1. The van der Waals surface area contributed by atoms with Crippen molar-refractivity contribution in [3.05, 3.63) is 61.8 Å². The van der Waals surface area contributed by atoms with Gasteiger partial charge in [-0.2, -0.15) is 0 Å². The van der Waals surface area contributed by atoms with Gasteiger partial charge in [0, 0.05) is 16.1 Å². The quantitative estimate of drug-likeness (QED) is 0.400. The zero-order valence-electron chi connectivity index (χ0n) is 15.3. The van der Waals surface area contributed by atoms with E-state index in [2.05, 4.69) is 27.9 Å². The summed E-state index contributed by atoms with van der Waals surface area (Å²) in [4.78, 5) is 22.5. The van der Waals surface area contributed by atoms with Crippen LogP contribution in [0.5, 0.6) is 11.5 Å². The molecule has 0 radical (unpaired) electrons. The van der Waals surface area contributed by atoms with Crippen molar-refractivity contribution in [2.45, 2.75) is 20.5 Å². The second-order valence-electron chi connectivity index (χ2n) is 5.69. The van der Waals surface area contributed by atoms with Gasteiger partial charge in [-0.25, -0.2) is 4.79 Å². The van der Waals surface area contributed by atoms with E-state index >= 15 is 0 Å². The lowest BCUT2D eigenvalue weighted by Crippen LogP contribution is -2.24. The average molecular weight is 516 g/mol. The maximum absolute atomic E-state index is 11.3. The summed E-state index contributed by atoms with van der Waals surface area (Å²) >= 11 is 8.60.